The van der Waals surface area contributed by atoms with E-state index in [2.05, 4.69) is 31.6 Å². The normalized spacial score (nSPS) is 24.2. The fraction of sp³-hybridized carbons (Fsp3) is 0.533. The van der Waals surface area contributed by atoms with Gasteiger partial charge in [-0.2, -0.15) is 0 Å². The van der Waals surface area contributed by atoms with E-state index < -0.39 is 18.0 Å². The topological polar surface area (TPSA) is 151 Å². The largest absolute Gasteiger partial charge is 0.477 e. The minimum Gasteiger partial charge on any atom is -0.477 e. The Balaban J connectivity index is 0.000000310. The van der Waals surface area contributed by atoms with Crippen molar-refractivity contribution in [3.8, 4) is 0 Å². The van der Waals surface area contributed by atoms with Gasteiger partial charge in [-0.1, -0.05) is 19.1 Å². The van der Waals surface area contributed by atoms with E-state index in [9.17, 15) is 19.8 Å². The summed E-state index contributed by atoms with van der Waals surface area (Å²) in [5, 5.41) is 34.9. The number of rotatable bonds is 11. The summed E-state index contributed by atoms with van der Waals surface area (Å²) in [5.74, 6) is -1.92. The first-order chi connectivity index (χ1) is 20.2. The zero-order valence-electron chi connectivity index (χ0n) is 24.7. The lowest BCUT2D eigenvalue weighted by Crippen LogP contribution is -2.63. The Kier molecular flexibility index (Phi) is 11.1. The van der Waals surface area contributed by atoms with Gasteiger partial charge in [-0.05, 0) is 57.2 Å². The van der Waals surface area contributed by atoms with Gasteiger partial charge in [0.2, 0.25) is 5.91 Å². The number of likely N-dealkylation sites (tertiary alicyclic amines) is 1. The number of aliphatic hydroxyl groups is 2. The molecular weight excluding hydrogens is 556 g/mol. The van der Waals surface area contributed by atoms with Crippen LogP contribution in [-0.2, 0) is 35.8 Å². The monoisotopic (exact) mass is 598 g/mol. The summed E-state index contributed by atoms with van der Waals surface area (Å²) in [4.78, 5) is 37.6. The van der Waals surface area contributed by atoms with E-state index in [-0.39, 0.29) is 35.4 Å². The van der Waals surface area contributed by atoms with Crippen LogP contribution in [0.15, 0.2) is 47.3 Å². The fourth-order valence-corrected chi connectivity index (χ4v) is 7.34. The van der Waals surface area contributed by atoms with Gasteiger partial charge in [0, 0.05) is 54.6 Å². The maximum absolute atomic E-state index is 12.5. The molecule has 5 heterocycles. The van der Waals surface area contributed by atoms with Crippen molar-refractivity contribution in [2.45, 2.75) is 63.9 Å². The van der Waals surface area contributed by atoms with Crippen LogP contribution in [-0.4, -0.2) is 91.5 Å². The van der Waals surface area contributed by atoms with Crippen molar-refractivity contribution in [2.75, 3.05) is 27.2 Å². The second kappa shape index (κ2) is 14.5. The summed E-state index contributed by atoms with van der Waals surface area (Å²) in [7, 11) is 3.78. The number of carbonyl (C=O) groups excluding carboxylic acids is 1. The average molecular weight is 599 g/mol. The fourth-order valence-electron chi connectivity index (χ4n) is 5.82. The van der Waals surface area contributed by atoms with Gasteiger partial charge in [-0.3, -0.25) is 19.7 Å². The van der Waals surface area contributed by atoms with E-state index in [1.807, 2.05) is 45.4 Å². The Morgan fingerprint density at radius 2 is 1.71 bits per heavy atom. The SMILES string of the molecule is CNCc1ccc(CN2CC[C@@H](SC3=C(C(=O)O)N4C(=O)[C@H]([C@@H](C)O)[C@H]4[C@H]3C)C2)cn1.CNCc1ccc(CO)cn1. The molecular formula is C30H42N6O5S. The number of aliphatic hydroxyl groups excluding tert-OH is 2. The molecule has 5 atom stereocenters. The highest BCUT2D eigenvalue weighted by Gasteiger charge is 2.60. The number of nitrogens with zero attached hydrogens (tertiary/aromatic N) is 4. The number of carboxylic acids is 1. The molecule has 3 aliphatic heterocycles. The summed E-state index contributed by atoms with van der Waals surface area (Å²) < 4.78 is 0. The van der Waals surface area contributed by atoms with Crippen LogP contribution in [0.2, 0.25) is 0 Å². The number of fused-ring (bicyclic) bond motifs is 1. The molecule has 5 N–H and O–H groups in total. The van der Waals surface area contributed by atoms with Crippen LogP contribution in [0.1, 0.15) is 42.8 Å². The molecule has 5 rings (SSSR count). The smallest absolute Gasteiger partial charge is 0.353 e. The van der Waals surface area contributed by atoms with Gasteiger partial charge in [-0.25, -0.2) is 4.79 Å². The standard InChI is InChI=1S/C22H30N4O4S.C8H12N2O/c1-12-18-17(13(2)27)21(28)26(18)19(22(29)30)20(12)31-16-6-7-25(11-16)10-14-4-5-15(9-23-3)24-8-14;1-9-5-8-3-2-7(6-11)4-10-8/h4-5,8,12-13,16-18,23,27H,6-7,9-11H2,1-3H3,(H,29,30);2-4,9,11H,5-6H2,1H3/t12-,13-,16-,17-,18-;/m1./s1. The number of pyridine rings is 2. The highest BCUT2D eigenvalue weighted by atomic mass is 32.2. The lowest BCUT2D eigenvalue weighted by molar-refractivity contribution is -0.163. The Labute approximate surface area is 251 Å². The van der Waals surface area contributed by atoms with Crippen molar-refractivity contribution < 1.29 is 24.9 Å². The summed E-state index contributed by atoms with van der Waals surface area (Å²) in [6.45, 7) is 7.79. The molecule has 42 heavy (non-hydrogen) atoms. The predicted molar refractivity (Wildman–Crippen MR) is 161 cm³/mol. The van der Waals surface area contributed by atoms with Gasteiger partial charge in [0.25, 0.3) is 0 Å². The molecule has 0 bridgehead atoms. The second-order valence-corrected chi connectivity index (χ2v) is 12.4. The number of hydrogen-bond donors (Lipinski definition) is 5. The van der Waals surface area contributed by atoms with Gasteiger partial charge in [0.1, 0.15) is 5.70 Å². The highest BCUT2D eigenvalue weighted by molar-refractivity contribution is 8.03. The number of aromatic nitrogens is 2. The Bertz CT molecular complexity index is 1260. The molecule has 2 fully saturated rings. The van der Waals surface area contributed by atoms with Crippen LogP contribution >= 0.6 is 11.8 Å². The molecule has 2 saturated heterocycles. The molecule has 3 aliphatic rings. The number of carboxylic acid groups (broad SMARTS) is 1. The van der Waals surface area contributed by atoms with Crippen molar-refractivity contribution in [3.63, 3.8) is 0 Å². The van der Waals surface area contributed by atoms with Gasteiger partial charge >= 0.3 is 5.97 Å². The van der Waals surface area contributed by atoms with Crippen LogP contribution in [0.3, 0.4) is 0 Å². The first-order valence-electron chi connectivity index (χ1n) is 14.3. The Morgan fingerprint density at radius 3 is 2.21 bits per heavy atom. The van der Waals surface area contributed by atoms with Gasteiger partial charge in [0.05, 0.1) is 36.1 Å². The summed E-state index contributed by atoms with van der Waals surface area (Å²) >= 11 is 1.60. The number of hydrogen-bond acceptors (Lipinski definition) is 10. The lowest BCUT2D eigenvalue weighted by Gasteiger charge is -2.46. The molecule has 228 valence electrons. The molecule has 0 aliphatic carbocycles. The van der Waals surface area contributed by atoms with Crippen molar-refractivity contribution in [1.82, 2.24) is 30.4 Å². The quantitative estimate of drug-likeness (QED) is 0.240. The van der Waals surface area contributed by atoms with Gasteiger partial charge < -0.3 is 30.9 Å². The number of carbonyl (C=O) groups is 2. The van der Waals surface area contributed by atoms with Crippen molar-refractivity contribution >= 4 is 23.6 Å². The molecule has 2 aromatic heterocycles. The first kappa shape index (κ1) is 32.1. The zero-order chi connectivity index (χ0) is 30.4. The Hall–Kier alpha value is -2.87. The molecule has 0 spiro atoms. The number of thioether (sulfide) groups is 1. The van der Waals surface area contributed by atoms with E-state index in [1.165, 1.54) is 10.5 Å². The van der Waals surface area contributed by atoms with Crippen LogP contribution < -0.4 is 10.6 Å². The molecule has 12 heteroatoms. The van der Waals surface area contributed by atoms with E-state index in [1.54, 1.807) is 24.9 Å². The van der Waals surface area contributed by atoms with Crippen LogP contribution in [0.5, 0.6) is 0 Å². The van der Waals surface area contributed by atoms with Crippen molar-refractivity contribution in [2.24, 2.45) is 11.8 Å². The number of amides is 1. The maximum atomic E-state index is 12.5. The maximum Gasteiger partial charge on any atom is 0.353 e. The minimum absolute atomic E-state index is 0.0623. The van der Waals surface area contributed by atoms with Crippen LogP contribution in [0, 0.1) is 11.8 Å². The number of nitrogens with one attached hydrogen (secondary N) is 2. The molecule has 0 aromatic carbocycles. The molecule has 0 saturated carbocycles. The molecule has 2 aromatic rings. The predicted octanol–water partition coefficient (Wildman–Crippen LogP) is 1.56. The number of aliphatic carboxylic acids is 1. The van der Waals surface area contributed by atoms with Crippen LogP contribution in [0.25, 0.3) is 0 Å². The molecule has 11 nitrogen and oxygen atoms in total. The van der Waals surface area contributed by atoms with E-state index >= 15 is 0 Å². The third-order valence-corrected chi connectivity index (χ3v) is 9.45. The highest BCUT2D eigenvalue weighted by Crippen LogP contribution is 2.51. The molecule has 0 unspecified atom stereocenters. The molecule has 0 radical (unpaired) electrons. The first-order valence-corrected chi connectivity index (χ1v) is 15.2. The zero-order valence-corrected chi connectivity index (χ0v) is 25.5. The van der Waals surface area contributed by atoms with E-state index in [0.717, 1.165) is 61.0 Å². The summed E-state index contributed by atoms with van der Waals surface area (Å²) in [6, 6.07) is 7.68. The van der Waals surface area contributed by atoms with Gasteiger partial charge in [0.15, 0.2) is 0 Å². The van der Waals surface area contributed by atoms with Crippen LogP contribution in [0.4, 0.5) is 0 Å². The minimum atomic E-state index is -1.06. The van der Waals surface area contributed by atoms with E-state index in [4.69, 9.17) is 5.11 Å². The third-order valence-electron chi connectivity index (χ3n) is 7.91. The van der Waals surface area contributed by atoms with Crippen molar-refractivity contribution in [1.29, 1.82) is 0 Å². The average Bonchev–Trinajstić information content (AvgIpc) is 3.50. The van der Waals surface area contributed by atoms with E-state index in [0.29, 0.717) is 0 Å². The summed E-state index contributed by atoms with van der Waals surface area (Å²) in [6.07, 6.45) is 3.81. The van der Waals surface area contributed by atoms with Crippen molar-refractivity contribution in [3.05, 3.63) is 69.8 Å². The lowest BCUT2D eigenvalue weighted by atomic mass is 9.79. The Morgan fingerprint density at radius 1 is 1.10 bits per heavy atom. The molecule has 1 amide bonds. The summed E-state index contributed by atoms with van der Waals surface area (Å²) in [5.41, 5.74) is 4.14. The van der Waals surface area contributed by atoms with Gasteiger partial charge in [-0.15, -0.1) is 11.8 Å². The third kappa shape index (κ3) is 7.19. The second-order valence-electron chi connectivity index (χ2n) is 11.1. The number of β-lactam (4-membered cyclic amide) rings is 1.